The summed E-state index contributed by atoms with van der Waals surface area (Å²) in [6.07, 6.45) is 0. The van der Waals surface area contributed by atoms with Crippen molar-refractivity contribution in [1.82, 2.24) is 0 Å². The van der Waals surface area contributed by atoms with E-state index in [2.05, 4.69) is 91.0 Å². The van der Waals surface area contributed by atoms with Gasteiger partial charge in [-0.05, 0) is 106 Å². The molecule has 0 unspecified atom stereocenters. The summed E-state index contributed by atoms with van der Waals surface area (Å²) in [7, 11) is 0. The lowest BCUT2D eigenvalue weighted by atomic mass is 9.90. The van der Waals surface area contributed by atoms with Crippen LogP contribution in [0.1, 0.15) is 11.1 Å². The van der Waals surface area contributed by atoms with E-state index in [1.54, 1.807) is 18.2 Å². The molecule has 9 rings (SSSR count). The van der Waals surface area contributed by atoms with E-state index in [0.717, 1.165) is 82.8 Å². The Morgan fingerprint density at radius 2 is 0.750 bits per heavy atom. The zero-order valence-corrected chi connectivity index (χ0v) is 25.6. The van der Waals surface area contributed by atoms with Gasteiger partial charge in [-0.25, -0.2) is 0 Å². The summed E-state index contributed by atoms with van der Waals surface area (Å²) in [6, 6.07) is 53.5. The Balaban J connectivity index is 1.22. The van der Waals surface area contributed by atoms with Crippen LogP contribution in [0.25, 0.3) is 88.4 Å². The third-order valence-electron chi connectivity index (χ3n) is 9.17. The van der Waals surface area contributed by atoms with Gasteiger partial charge in [0.1, 0.15) is 22.3 Å². The summed E-state index contributed by atoms with van der Waals surface area (Å²) in [5, 5.41) is 23.9. The van der Waals surface area contributed by atoms with Crippen LogP contribution in [-0.4, -0.2) is 0 Å². The molecule has 0 radical (unpaired) electrons. The van der Waals surface area contributed by atoms with Crippen LogP contribution < -0.4 is 0 Å². The number of hydrogen-bond acceptors (Lipinski definition) is 4. The van der Waals surface area contributed by atoms with Crippen LogP contribution in [0.15, 0.2) is 154 Å². The van der Waals surface area contributed by atoms with Crippen LogP contribution in [0.4, 0.5) is 0 Å². The van der Waals surface area contributed by atoms with Gasteiger partial charge in [0.2, 0.25) is 0 Å². The minimum atomic E-state index is 0.482. The second-order valence-corrected chi connectivity index (χ2v) is 11.9. The summed E-state index contributed by atoms with van der Waals surface area (Å²) in [5.74, 6) is 0. The maximum Gasteiger partial charge on any atom is 0.135 e. The first-order chi connectivity index (χ1) is 23.7. The summed E-state index contributed by atoms with van der Waals surface area (Å²) in [6.45, 7) is 0. The predicted molar refractivity (Wildman–Crippen MR) is 192 cm³/mol. The van der Waals surface area contributed by atoms with Crippen LogP contribution in [0.5, 0.6) is 0 Å². The molecule has 0 atom stereocenters. The molecule has 0 aliphatic heterocycles. The summed E-state index contributed by atoms with van der Waals surface area (Å²) >= 11 is 0. The fourth-order valence-electron chi connectivity index (χ4n) is 6.82. The average molecular weight is 613 g/mol. The van der Waals surface area contributed by atoms with Gasteiger partial charge in [0, 0.05) is 27.1 Å². The zero-order chi connectivity index (χ0) is 32.2. The van der Waals surface area contributed by atoms with Crippen molar-refractivity contribution in [2.24, 2.45) is 0 Å². The number of nitriles is 2. The van der Waals surface area contributed by atoms with Crippen molar-refractivity contribution in [3.8, 4) is 56.6 Å². The van der Waals surface area contributed by atoms with Gasteiger partial charge in [-0.2, -0.15) is 10.5 Å². The van der Waals surface area contributed by atoms with Gasteiger partial charge >= 0.3 is 0 Å². The molecule has 9 aromatic rings. The Bertz CT molecular complexity index is 2640. The zero-order valence-electron chi connectivity index (χ0n) is 25.6. The lowest BCUT2D eigenvalue weighted by Gasteiger charge is -2.13. The topological polar surface area (TPSA) is 73.9 Å². The van der Waals surface area contributed by atoms with E-state index in [0.29, 0.717) is 16.7 Å². The lowest BCUT2D eigenvalue weighted by molar-refractivity contribution is 0.668. The third kappa shape index (κ3) is 4.44. The van der Waals surface area contributed by atoms with Crippen molar-refractivity contribution < 1.29 is 8.83 Å². The van der Waals surface area contributed by atoms with E-state index in [4.69, 9.17) is 8.83 Å². The van der Waals surface area contributed by atoms with Crippen molar-refractivity contribution in [1.29, 1.82) is 10.5 Å². The van der Waals surface area contributed by atoms with E-state index in [9.17, 15) is 10.5 Å². The molecule has 0 amide bonds. The van der Waals surface area contributed by atoms with Gasteiger partial charge in [0.25, 0.3) is 0 Å². The van der Waals surface area contributed by atoms with E-state index in [1.807, 2.05) is 48.5 Å². The molecule has 48 heavy (non-hydrogen) atoms. The molecular weight excluding hydrogens is 588 g/mol. The van der Waals surface area contributed by atoms with Gasteiger partial charge in [-0.15, -0.1) is 0 Å². The fourth-order valence-corrected chi connectivity index (χ4v) is 6.82. The molecule has 0 aliphatic carbocycles. The predicted octanol–water partition coefficient (Wildman–Crippen LogP) is 11.9. The Morgan fingerprint density at radius 3 is 1.25 bits per heavy atom. The molecule has 0 aliphatic rings. The van der Waals surface area contributed by atoms with Gasteiger partial charge in [0.15, 0.2) is 0 Å². The molecule has 2 aromatic heterocycles. The van der Waals surface area contributed by atoms with Crippen LogP contribution in [0.2, 0.25) is 0 Å². The normalized spacial score (nSPS) is 11.3. The highest BCUT2D eigenvalue weighted by molar-refractivity contribution is 6.07. The van der Waals surface area contributed by atoms with E-state index in [1.165, 1.54) is 0 Å². The summed E-state index contributed by atoms with van der Waals surface area (Å²) in [4.78, 5) is 0. The van der Waals surface area contributed by atoms with Crippen molar-refractivity contribution in [3.05, 3.63) is 157 Å². The van der Waals surface area contributed by atoms with E-state index < -0.39 is 0 Å². The van der Waals surface area contributed by atoms with Gasteiger partial charge in [0.05, 0.1) is 23.3 Å². The van der Waals surface area contributed by atoms with Crippen molar-refractivity contribution in [2.75, 3.05) is 0 Å². The molecule has 0 bridgehead atoms. The summed E-state index contributed by atoms with van der Waals surface area (Å²) < 4.78 is 12.3. The lowest BCUT2D eigenvalue weighted by Crippen LogP contribution is -1.90. The first-order valence-electron chi connectivity index (χ1n) is 15.7. The molecule has 4 nitrogen and oxygen atoms in total. The number of nitrogens with zero attached hydrogens (tertiary/aromatic N) is 2. The molecule has 0 fully saturated rings. The third-order valence-corrected chi connectivity index (χ3v) is 9.17. The number of benzene rings is 7. The minimum absolute atomic E-state index is 0.482. The Kier molecular flexibility index (Phi) is 6.22. The largest absolute Gasteiger partial charge is 0.456 e. The maximum absolute atomic E-state index is 9.76. The molecule has 0 spiro atoms. The number of para-hydroxylation sites is 2. The monoisotopic (exact) mass is 612 g/mol. The standard InChI is InChI=1S/C44H24N2O2/c45-25-31-6-5-7-32(26-46)44(31)28-14-12-27(13-15-28)33-20-34(29-16-18-42-38(23-29)36-8-1-3-10-40(36)47-42)22-35(21-33)30-17-19-43-39(24-30)37-9-2-4-11-41(37)48-43/h1-24H. The van der Waals surface area contributed by atoms with Gasteiger partial charge in [-0.3, -0.25) is 0 Å². The van der Waals surface area contributed by atoms with E-state index >= 15 is 0 Å². The molecule has 4 heteroatoms. The first-order valence-corrected chi connectivity index (χ1v) is 15.7. The molecule has 0 N–H and O–H groups in total. The van der Waals surface area contributed by atoms with Gasteiger partial charge < -0.3 is 8.83 Å². The molecule has 222 valence electrons. The minimum Gasteiger partial charge on any atom is -0.456 e. The highest BCUT2D eigenvalue weighted by Crippen LogP contribution is 2.39. The van der Waals surface area contributed by atoms with Crippen LogP contribution in [-0.2, 0) is 0 Å². The second-order valence-electron chi connectivity index (χ2n) is 11.9. The number of fused-ring (bicyclic) bond motifs is 6. The quantitative estimate of drug-likeness (QED) is 0.198. The molecule has 0 saturated heterocycles. The number of hydrogen-bond donors (Lipinski definition) is 0. The van der Waals surface area contributed by atoms with Crippen molar-refractivity contribution >= 4 is 43.9 Å². The van der Waals surface area contributed by atoms with Gasteiger partial charge in [-0.1, -0.05) is 78.9 Å². The molecule has 2 heterocycles. The maximum atomic E-state index is 9.76. The summed E-state index contributed by atoms with van der Waals surface area (Å²) in [5.41, 5.74) is 12.3. The SMILES string of the molecule is N#Cc1cccc(C#N)c1-c1ccc(-c2cc(-c3ccc4oc5ccccc5c4c3)cc(-c3ccc4oc5ccccc5c4c3)c2)cc1. The van der Waals surface area contributed by atoms with Crippen LogP contribution >= 0.6 is 0 Å². The molecular formula is C44H24N2O2. The Labute approximate surface area is 275 Å². The Hall–Kier alpha value is -6.88. The fraction of sp³-hybridized carbons (Fsp3) is 0. The molecule has 0 saturated carbocycles. The molecule has 7 aromatic carbocycles. The second kappa shape index (κ2) is 10.9. The smallest absolute Gasteiger partial charge is 0.135 e. The highest BCUT2D eigenvalue weighted by atomic mass is 16.3. The highest BCUT2D eigenvalue weighted by Gasteiger charge is 2.15. The van der Waals surface area contributed by atoms with Crippen LogP contribution in [0, 0.1) is 22.7 Å². The van der Waals surface area contributed by atoms with Crippen LogP contribution in [0.3, 0.4) is 0 Å². The number of furan rings is 2. The van der Waals surface area contributed by atoms with Crippen molar-refractivity contribution in [2.45, 2.75) is 0 Å². The van der Waals surface area contributed by atoms with Crippen molar-refractivity contribution in [3.63, 3.8) is 0 Å². The number of rotatable bonds is 4. The first kappa shape index (κ1) is 27.4. The van der Waals surface area contributed by atoms with E-state index in [-0.39, 0.29) is 0 Å². The Morgan fingerprint density at radius 1 is 0.333 bits per heavy atom. The average Bonchev–Trinajstić information content (AvgIpc) is 3.72.